The van der Waals surface area contributed by atoms with E-state index in [-0.39, 0.29) is 24.5 Å². The number of aliphatic imine (C=N–C) groups is 1. The van der Waals surface area contributed by atoms with Gasteiger partial charge in [0, 0.05) is 54.8 Å². The lowest BCUT2D eigenvalue weighted by atomic mass is 9.99. The molecule has 9 nitrogen and oxygen atoms in total. The van der Waals surface area contributed by atoms with Crippen LogP contribution in [0.5, 0.6) is 0 Å². The van der Waals surface area contributed by atoms with Crippen LogP contribution in [0.3, 0.4) is 0 Å². The second kappa shape index (κ2) is 9.22. The minimum Gasteiger partial charge on any atom is -0.485 e. The molecule has 5 heterocycles. The topological polar surface area (TPSA) is 86.8 Å². The van der Waals surface area contributed by atoms with Gasteiger partial charge in [0.25, 0.3) is 11.9 Å². The van der Waals surface area contributed by atoms with Crippen molar-refractivity contribution in [1.29, 1.82) is 0 Å². The molecule has 11 heteroatoms. The van der Waals surface area contributed by atoms with E-state index in [1.807, 2.05) is 4.58 Å². The molecule has 0 aliphatic carbocycles. The van der Waals surface area contributed by atoms with Crippen molar-refractivity contribution in [2.24, 2.45) is 12.0 Å². The predicted molar refractivity (Wildman–Crippen MR) is 135 cm³/mol. The lowest BCUT2D eigenvalue weighted by Gasteiger charge is -2.29. The first-order chi connectivity index (χ1) is 17.9. The zero-order valence-corrected chi connectivity index (χ0v) is 20.7. The van der Waals surface area contributed by atoms with Gasteiger partial charge in [-0.2, -0.15) is 5.10 Å². The van der Waals surface area contributed by atoms with Gasteiger partial charge in [-0.15, -0.1) is 0 Å². The molecule has 4 aliphatic rings. The van der Waals surface area contributed by atoms with Crippen LogP contribution in [0.2, 0.25) is 0 Å². The average molecular weight is 509 g/mol. The molecule has 0 saturated carbocycles. The van der Waals surface area contributed by atoms with Gasteiger partial charge in [-0.25, -0.2) is 13.4 Å². The number of allylic oxidation sites excluding steroid dienone is 3. The number of aromatic nitrogens is 2. The predicted octanol–water partition coefficient (Wildman–Crippen LogP) is 2.17. The minimum absolute atomic E-state index is 0.0149. The summed E-state index contributed by atoms with van der Waals surface area (Å²) in [4.78, 5) is 19.9. The number of benzene rings is 1. The molecule has 1 aromatic carbocycles. The fourth-order valence-electron chi connectivity index (χ4n) is 4.97. The van der Waals surface area contributed by atoms with Gasteiger partial charge in [0.2, 0.25) is 12.3 Å². The van der Waals surface area contributed by atoms with E-state index in [0.29, 0.717) is 40.4 Å². The van der Waals surface area contributed by atoms with Crippen molar-refractivity contribution in [2.45, 2.75) is 25.0 Å². The van der Waals surface area contributed by atoms with Crippen molar-refractivity contribution in [3.05, 3.63) is 59.3 Å². The number of hydrogen-bond donors (Lipinski definition) is 2. The Balaban J connectivity index is 1.24. The molecule has 2 saturated heterocycles. The molecule has 1 unspecified atom stereocenters. The highest BCUT2D eigenvalue weighted by Gasteiger charge is 2.49. The quantitative estimate of drug-likeness (QED) is 0.478. The highest BCUT2D eigenvalue weighted by atomic mass is 19.1. The van der Waals surface area contributed by atoms with Gasteiger partial charge in [0.1, 0.15) is 30.0 Å². The first-order valence-electron chi connectivity index (χ1n) is 12.4. The van der Waals surface area contributed by atoms with E-state index < -0.39 is 17.6 Å². The van der Waals surface area contributed by atoms with E-state index in [1.165, 1.54) is 12.1 Å². The largest absolute Gasteiger partial charge is 0.485 e. The number of nitrogens with zero attached hydrogens (tertiary/aromatic N) is 5. The second-order valence-electron chi connectivity index (χ2n) is 9.85. The molecule has 1 aromatic heterocycles. The SMILES string of the molecule is CN1CCC(OC2=C(F)C=C(NC(=O)C3=NCNc4cc(F)c(-c5cnn(C)c5)cc43)C=[N+]3CC23)CC1. The average Bonchev–Trinajstić information content (AvgIpc) is 3.51. The van der Waals surface area contributed by atoms with Crippen molar-refractivity contribution >= 4 is 23.5 Å². The second-order valence-corrected chi connectivity index (χ2v) is 9.85. The molecule has 1 atom stereocenters. The number of ether oxygens (including phenoxy) is 1. The van der Waals surface area contributed by atoms with Gasteiger partial charge in [-0.1, -0.05) is 0 Å². The summed E-state index contributed by atoms with van der Waals surface area (Å²) >= 11 is 0. The van der Waals surface area contributed by atoms with Gasteiger partial charge >= 0.3 is 0 Å². The Morgan fingerprint density at radius 2 is 2.03 bits per heavy atom. The van der Waals surface area contributed by atoms with Crippen LogP contribution in [0.1, 0.15) is 18.4 Å². The Morgan fingerprint density at radius 3 is 2.78 bits per heavy atom. The Bertz CT molecular complexity index is 1400. The van der Waals surface area contributed by atoms with Crippen LogP contribution in [0, 0.1) is 5.82 Å². The smallest absolute Gasteiger partial charge is 0.274 e. The van der Waals surface area contributed by atoms with Gasteiger partial charge in [-0.3, -0.25) is 14.5 Å². The molecule has 2 fully saturated rings. The molecule has 0 spiro atoms. The van der Waals surface area contributed by atoms with Crippen LogP contribution < -0.4 is 10.6 Å². The maximum Gasteiger partial charge on any atom is 0.274 e. The highest BCUT2D eigenvalue weighted by molar-refractivity contribution is 6.47. The molecule has 4 aliphatic heterocycles. The monoisotopic (exact) mass is 508 g/mol. The van der Waals surface area contributed by atoms with Gasteiger partial charge in [-0.05, 0) is 32.0 Å². The summed E-state index contributed by atoms with van der Waals surface area (Å²) in [6.45, 7) is 2.59. The third-order valence-corrected chi connectivity index (χ3v) is 7.09. The first-order valence-corrected chi connectivity index (χ1v) is 12.4. The number of piperidine rings is 1. The number of halogens is 2. The summed E-state index contributed by atoms with van der Waals surface area (Å²) in [5.41, 5.74) is 2.29. The molecule has 0 radical (unpaired) electrons. The lowest BCUT2D eigenvalue weighted by Crippen LogP contribution is -2.34. The number of rotatable bonds is 5. The minimum atomic E-state index is -0.500. The van der Waals surface area contributed by atoms with Crippen LogP contribution >= 0.6 is 0 Å². The fourth-order valence-corrected chi connectivity index (χ4v) is 4.97. The Hall–Kier alpha value is -3.86. The number of fused-ring (bicyclic) bond motifs is 2. The summed E-state index contributed by atoms with van der Waals surface area (Å²) in [5.74, 6) is -1.09. The number of amides is 1. The first kappa shape index (κ1) is 23.5. The molecule has 2 aromatic rings. The number of anilines is 1. The summed E-state index contributed by atoms with van der Waals surface area (Å²) in [7, 11) is 3.81. The van der Waals surface area contributed by atoms with Crippen LogP contribution in [-0.4, -0.2) is 82.6 Å². The summed E-state index contributed by atoms with van der Waals surface area (Å²) < 4.78 is 39.7. The Morgan fingerprint density at radius 1 is 1.22 bits per heavy atom. The van der Waals surface area contributed by atoms with Crippen LogP contribution in [0.15, 0.2) is 52.9 Å². The Labute approximate surface area is 212 Å². The van der Waals surface area contributed by atoms with E-state index in [9.17, 15) is 9.18 Å². The standard InChI is InChI=1S/C26H27F2N7O2/c1-33-5-3-17(4-6-33)37-25-21(28)7-16(12-35-13-23(25)35)32-26(36)24-19-8-18(15-10-31-34(2)11-15)20(27)9-22(19)29-14-30-24/h7-12,17,23H,3-6,13-14H2,1-2H3,(H-,29,30,32,36)/p+1. The molecule has 2 N–H and O–H groups in total. The maximum atomic E-state index is 15.3. The number of aryl methyl sites for hydroxylation is 1. The number of carbonyl (C=O) groups excluding carboxylic acids is 1. The third kappa shape index (κ3) is 4.66. The van der Waals surface area contributed by atoms with E-state index in [2.05, 4.69) is 32.7 Å². The Kier molecular flexibility index (Phi) is 5.86. The lowest BCUT2D eigenvalue weighted by molar-refractivity contribution is -0.352. The van der Waals surface area contributed by atoms with Crippen molar-refractivity contribution in [2.75, 3.05) is 38.7 Å². The normalized spacial score (nSPS) is 21.6. The van der Waals surface area contributed by atoms with Gasteiger partial charge in [0.15, 0.2) is 12.0 Å². The molecular formula is C26H28F2N7O2+. The third-order valence-electron chi connectivity index (χ3n) is 7.09. The van der Waals surface area contributed by atoms with Gasteiger partial charge in [0.05, 0.1) is 6.20 Å². The molecule has 0 bridgehead atoms. The van der Waals surface area contributed by atoms with Crippen molar-refractivity contribution < 1.29 is 22.9 Å². The molecule has 6 rings (SSSR count). The molecule has 37 heavy (non-hydrogen) atoms. The van der Waals surface area contributed by atoms with Crippen LogP contribution in [0.25, 0.3) is 11.1 Å². The summed E-state index contributed by atoms with van der Waals surface area (Å²) in [6.07, 6.45) is 7.97. The summed E-state index contributed by atoms with van der Waals surface area (Å²) in [5, 5.41) is 9.90. The number of nitrogens with one attached hydrogen (secondary N) is 2. The van der Waals surface area contributed by atoms with E-state index in [0.717, 1.165) is 25.9 Å². The fraction of sp³-hybridized carbons (Fsp3) is 0.385. The van der Waals surface area contributed by atoms with Crippen molar-refractivity contribution in [3.63, 3.8) is 0 Å². The molecule has 192 valence electrons. The highest BCUT2D eigenvalue weighted by Crippen LogP contribution is 2.32. The zero-order valence-electron chi connectivity index (χ0n) is 20.7. The molecule has 1 amide bonds. The van der Waals surface area contributed by atoms with E-state index in [1.54, 1.807) is 36.4 Å². The number of carbonyl (C=O) groups is 1. The van der Waals surface area contributed by atoms with Gasteiger partial charge < -0.3 is 20.3 Å². The van der Waals surface area contributed by atoms with E-state index in [4.69, 9.17) is 4.74 Å². The van der Waals surface area contributed by atoms with Crippen molar-refractivity contribution in [3.8, 4) is 11.1 Å². The molecular weight excluding hydrogens is 480 g/mol. The summed E-state index contributed by atoms with van der Waals surface area (Å²) in [6, 6.07) is 2.78. The van der Waals surface area contributed by atoms with E-state index >= 15 is 4.39 Å². The maximum absolute atomic E-state index is 15.3. The number of hydrogen-bond acceptors (Lipinski definition) is 6. The van der Waals surface area contributed by atoms with Crippen molar-refractivity contribution in [1.82, 2.24) is 20.0 Å². The van der Waals surface area contributed by atoms with Crippen LogP contribution in [0.4, 0.5) is 14.5 Å². The number of likely N-dealkylation sites (tertiary alicyclic amines) is 1. The zero-order chi connectivity index (χ0) is 25.7. The van der Waals surface area contributed by atoms with Crippen LogP contribution in [-0.2, 0) is 16.6 Å².